The lowest BCUT2D eigenvalue weighted by Crippen LogP contribution is -2.44. The monoisotopic (exact) mass is 547 g/mol. The van der Waals surface area contributed by atoms with Crippen molar-refractivity contribution in [3.8, 4) is 11.5 Å². The van der Waals surface area contributed by atoms with E-state index >= 15 is 0 Å². The van der Waals surface area contributed by atoms with Crippen molar-refractivity contribution in [1.82, 2.24) is 19.8 Å². The molecule has 4 rings (SSSR count). The number of halogens is 1. The molecule has 0 fully saturated rings. The smallest absolute Gasteiger partial charge is 0.194 e. The van der Waals surface area contributed by atoms with Crippen LogP contribution in [0.5, 0.6) is 11.5 Å². The second kappa shape index (κ2) is 11.2. The Labute approximate surface area is 206 Å². The fourth-order valence-electron chi connectivity index (χ4n) is 3.99. The molecule has 3 aromatic rings. The minimum absolute atomic E-state index is 0. The topological polar surface area (TPSA) is 63.9 Å². The number of nitrogens with one attached hydrogen (secondary N) is 1. The van der Waals surface area contributed by atoms with Crippen LogP contribution < -0.4 is 14.8 Å². The highest BCUT2D eigenvalue weighted by atomic mass is 127. The van der Waals surface area contributed by atoms with Gasteiger partial charge < -0.3 is 24.3 Å². The normalized spacial score (nSPS) is 13.2. The molecule has 2 heterocycles. The molecule has 0 saturated carbocycles. The van der Waals surface area contributed by atoms with Crippen molar-refractivity contribution < 1.29 is 9.47 Å². The molecule has 0 unspecified atom stereocenters. The Kier molecular flexibility index (Phi) is 8.38. The summed E-state index contributed by atoms with van der Waals surface area (Å²) in [7, 11) is 5.17. The van der Waals surface area contributed by atoms with Gasteiger partial charge in [0.2, 0.25) is 0 Å². The van der Waals surface area contributed by atoms with Gasteiger partial charge in [0.15, 0.2) is 17.5 Å². The fourth-order valence-corrected chi connectivity index (χ4v) is 3.99. The lowest BCUT2D eigenvalue weighted by molar-refractivity contribution is 0.345. The largest absolute Gasteiger partial charge is 0.493 e. The number of aromatic nitrogens is 2. The van der Waals surface area contributed by atoms with E-state index in [0.29, 0.717) is 6.54 Å². The molecule has 0 spiro atoms. The maximum absolute atomic E-state index is 5.48. The van der Waals surface area contributed by atoms with E-state index < -0.39 is 0 Å². The molecule has 0 saturated heterocycles. The van der Waals surface area contributed by atoms with Crippen LogP contribution in [0.15, 0.2) is 59.9 Å². The van der Waals surface area contributed by atoms with Crippen molar-refractivity contribution in [2.75, 3.05) is 27.8 Å². The van der Waals surface area contributed by atoms with E-state index in [0.717, 1.165) is 49.3 Å². The van der Waals surface area contributed by atoms with E-state index in [9.17, 15) is 0 Å². The maximum Gasteiger partial charge on any atom is 0.194 e. The Balaban J connectivity index is 0.00000289. The van der Waals surface area contributed by atoms with Gasteiger partial charge in [0.25, 0.3) is 0 Å². The summed E-state index contributed by atoms with van der Waals surface area (Å²) in [6.07, 6.45) is 4.79. The molecule has 0 bridgehead atoms. The van der Waals surface area contributed by atoms with Gasteiger partial charge >= 0.3 is 0 Å². The zero-order chi connectivity index (χ0) is 21.6. The van der Waals surface area contributed by atoms with E-state index in [1.54, 1.807) is 14.2 Å². The van der Waals surface area contributed by atoms with Crippen molar-refractivity contribution in [3.63, 3.8) is 0 Å². The van der Waals surface area contributed by atoms with Crippen molar-refractivity contribution >= 4 is 29.9 Å². The van der Waals surface area contributed by atoms with Gasteiger partial charge in [-0.05, 0) is 35.2 Å². The highest BCUT2D eigenvalue weighted by molar-refractivity contribution is 14.0. The molecule has 8 heteroatoms. The summed E-state index contributed by atoms with van der Waals surface area (Å²) < 4.78 is 13.1. The predicted molar refractivity (Wildman–Crippen MR) is 137 cm³/mol. The van der Waals surface area contributed by atoms with Crippen LogP contribution in [0.2, 0.25) is 0 Å². The van der Waals surface area contributed by atoms with Crippen LogP contribution in [0.25, 0.3) is 0 Å². The molecule has 1 aliphatic rings. The maximum atomic E-state index is 5.48. The van der Waals surface area contributed by atoms with Crippen LogP contribution in [-0.4, -0.2) is 48.2 Å². The molecular formula is C24H30IN5O2. The predicted octanol–water partition coefficient (Wildman–Crippen LogP) is 3.70. The van der Waals surface area contributed by atoms with Gasteiger partial charge in [-0.2, -0.15) is 0 Å². The van der Waals surface area contributed by atoms with E-state index in [1.165, 1.54) is 16.7 Å². The van der Waals surface area contributed by atoms with Crippen LogP contribution in [0.1, 0.15) is 22.5 Å². The first-order valence-electron chi connectivity index (χ1n) is 10.4. The van der Waals surface area contributed by atoms with Gasteiger partial charge in [0.1, 0.15) is 5.82 Å². The Morgan fingerprint density at radius 3 is 2.50 bits per heavy atom. The van der Waals surface area contributed by atoms with Crippen LogP contribution >= 0.6 is 24.0 Å². The van der Waals surface area contributed by atoms with Crippen LogP contribution in [0.4, 0.5) is 0 Å². The second-order valence-corrected chi connectivity index (χ2v) is 7.51. The zero-order valence-corrected chi connectivity index (χ0v) is 21.1. The summed E-state index contributed by atoms with van der Waals surface area (Å²) in [6.45, 7) is 3.07. The molecule has 32 heavy (non-hydrogen) atoms. The van der Waals surface area contributed by atoms with Crippen molar-refractivity contribution in [2.45, 2.75) is 26.1 Å². The summed E-state index contributed by atoms with van der Waals surface area (Å²) in [5.41, 5.74) is 3.78. The van der Waals surface area contributed by atoms with E-state index in [2.05, 4.69) is 61.2 Å². The first kappa shape index (κ1) is 23.9. The van der Waals surface area contributed by atoms with Gasteiger partial charge in [-0.3, -0.25) is 4.99 Å². The summed E-state index contributed by atoms with van der Waals surface area (Å²) in [4.78, 5) is 11.3. The average Bonchev–Trinajstić information content (AvgIpc) is 3.25. The van der Waals surface area contributed by atoms with Gasteiger partial charge in [0.05, 0.1) is 20.8 Å². The molecule has 0 aliphatic carbocycles. The minimum Gasteiger partial charge on any atom is -0.493 e. The lowest BCUT2D eigenvalue weighted by atomic mass is 9.99. The number of ether oxygens (including phenoxy) is 2. The zero-order valence-electron chi connectivity index (χ0n) is 18.7. The van der Waals surface area contributed by atoms with Gasteiger partial charge in [0, 0.05) is 39.1 Å². The van der Waals surface area contributed by atoms with Gasteiger partial charge in [-0.15, -0.1) is 24.0 Å². The minimum atomic E-state index is 0. The van der Waals surface area contributed by atoms with Crippen LogP contribution in [0, 0.1) is 0 Å². The van der Waals surface area contributed by atoms with Crippen LogP contribution in [-0.2, 0) is 26.1 Å². The number of fused-ring (bicyclic) bond motifs is 1. The molecule has 1 aliphatic heterocycles. The molecule has 1 aromatic heterocycles. The van der Waals surface area contributed by atoms with E-state index in [-0.39, 0.29) is 24.0 Å². The average molecular weight is 547 g/mol. The first-order chi connectivity index (χ1) is 15.2. The number of imidazole rings is 1. The third kappa shape index (κ3) is 5.35. The highest BCUT2D eigenvalue weighted by Gasteiger charge is 2.22. The quantitative estimate of drug-likeness (QED) is 0.290. The van der Waals surface area contributed by atoms with E-state index in [1.807, 2.05) is 25.5 Å². The standard InChI is InChI=1S/C24H29N5O2.HI/c1-25-24(27-15-23-26-10-12-28(23)16-18-7-5-4-6-8-18)29-11-9-19-13-21(30-2)22(31-3)14-20(19)17-29;/h4-8,10,12-14H,9,11,15-17H2,1-3H3,(H,25,27);1H. The summed E-state index contributed by atoms with van der Waals surface area (Å²) >= 11 is 0. The SMILES string of the molecule is CN=C(NCc1nccn1Cc1ccccc1)N1CCc2cc(OC)c(OC)cc2C1.I. The van der Waals surface area contributed by atoms with Crippen molar-refractivity contribution in [3.05, 3.63) is 77.4 Å². The Morgan fingerprint density at radius 2 is 1.81 bits per heavy atom. The van der Waals surface area contributed by atoms with Gasteiger partial charge in [-0.1, -0.05) is 30.3 Å². The summed E-state index contributed by atoms with van der Waals surface area (Å²) in [5, 5.41) is 3.49. The third-order valence-corrected chi connectivity index (χ3v) is 5.63. The highest BCUT2D eigenvalue weighted by Crippen LogP contribution is 2.33. The molecular weight excluding hydrogens is 517 g/mol. The Hall–Kier alpha value is -2.75. The summed E-state index contributed by atoms with van der Waals surface area (Å²) in [6, 6.07) is 14.6. The van der Waals surface area contributed by atoms with Gasteiger partial charge in [-0.25, -0.2) is 4.98 Å². The number of rotatable bonds is 6. The number of aliphatic imine (C=N–C) groups is 1. The van der Waals surface area contributed by atoms with E-state index in [4.69, 9.17) is 9.47 Å². The Morgan fingerprint density at radius 1 is 1.09 bits per heavy atom. The molecule has 170 valence electrons. The molecule has 0 atom stereocenters. The Bertz CT molecular complexity index is 1050. The van der Waals surface area contributed by atoms with Crippen LogP contribution in [0.3, 0.4) is 0 Å². The number of hydrogen-bond acceptors (Lipinski definition) is 4. The second-order valence-electron chi connectivity index (χ2n) is 7.51. The molecule has 1 N–H and O–H groups in total. The number of nitrogens with zero attached hydrogens (tertiary/aromatic N) is 4. The summed E-state index contributed by atoms with van der Waals surface area (Å²) in [5.74, 6) is 3.39. The molecule has 0 amide bonds. The number of methoxy groups -OCH3 is 2. The molecule has 0 radical (unpaired) electrons. The lowest BCUT2D eigenvalue weighted by Gasteiger charge is -2.32. The number of hydrogen-bond donors (Lipinski definition) is 1. The first-order valence-corrected chi connectivity index (χ1v) is 10.4. The fraction of sp³-hybridized carbons (Fsp3) is 0.333. The molecule has 7 nitrogen and oxygen atoms in total. The van der Waals surface area contributed by atoms with Crippen molar-refractivity contribution in [2.24, 2.45) is 4.99 Å². The van der Waals surface area contributed by atoms with Crippen molar-refractivity contribution in [1.29, 1.82) is 0 Å². The third-order valence-electron chi connectivity index (χ3n) is 5.63. The molecule has 2 aromatic carbocycles. The number of benzene rings is 2. The number of guanidine groups is 1.